The quantitative estimate of drug-likeness (QED) is 0.734. The molecule has 3 aromatic rings. The highest BCUT2D eigenvalue weighted by Gasteiger charge is 2.31. The molecule has 0 bridgehead atoms. The number of carbonyl (C=O) groups is 1. The summed E-state index contributed by atoms with van der Waals surface area (Å²) in [5.41, 5.74) is 1.12. The van der Waals surface area contributed by atoms with Crippen LogP contribution in [0.3, 0.4) is 0 Å². The second kappa shape index (κ2) is 6.43. The number of carbonyl (C=O) groups excluding carboxylic acids is 1. The van der Waals surface area contributed by atoms with Gasteiger partial charge in [0, 0.05) is 24.8 Å². The van der Waals surface area contributed by atoms with Crippen molar-refractivity contribution in [1.29, 1.82) is 0 Å². The van der Waals surface area contributed by atoms with Crippen LogP contribution in [-0.4, -0.2) is 39.0 Å². The molecule has 4 rings (SSSR count). The van der Waals surface area contributed by atoms with Gasteiger partial charge in [-0.2, -0.15) is 4.98 Å². The molecule has 2 aromatic heterocycles. The van der Waals surface area contributed by atoms with Crippen LogP contribution in [0.25, 0.3) is 11.5 Å². The van der Waals surface area contributed by atoms with E-state index in [1.165, 1.54) is 24.3 Å². The molecule has 1 fully saturated rings. The van der Waals surface area contributed by atoms with Gasteiger partial charge in [-0.25, -0.2) is 4.39 Å². The van der Waals surface area contributed by atoms with E-state index < -0.39 is 0 Å². The average molecular weight is 338 g/mol. The lowest BCUT2D eigenvalue weighted by Gasteiger charge is -2.15. The van der Waals surface area contributed by atoms with Gasteiger partial charge in [0.05, 0.1) is 5.92 Å². The summed E-state index contributed by atoms with van der Waals surface area (Å²) in [5.74, 6) is 0.471. The third-order valence-electron chi connectivity index (χ3n) is 4.25. The van der Waals surface area contributed by atoms with E-state index in [4.69, 9.17) is 4.52 Å². The predicted molar refractivity (Wildman–Crippen MR) is 87.2 cm³/mol. The topological polar surface area (TPSA) is 72.1 Å². The van der Waals surface area contributed by atoms with Crippen molar-refractivity contribution in [3.63, 3.8) is 0 Å². The van der Waals surface area contributed by atoms with Gasteiger partial charge in [0.25, 0.3) is 5.91 Å². The van der Waals surface area contributed by atoms with Crippen molar-refractivity contribution in [2.24, 2.45) is 0 Å². The summed E-state index contributed by atoms with van der Waals surface area (Å²) in [6.45, 7) is 1.10. The Bertz CT molecular complexity index is 880. The predicted octanol–water partition coefficient (Wildman–Crippen LogP) is 2.90. The highest BCUT2D eigenvalue weighted by molar-refractivity contribution is 5.94. The fourth-order valence-corrected chi connectivity index (χ4v) is 2.92. The standard InChI is InChI=1S/C18H15FN4O2/c19-14-6-4-12(5-7-14)18(24)23-10-8-13(11-23)17-21-16(22-25-17)15-3-1-2-9-20-15/h1-7,9,13H,8,10-11H2. The van der Waals surface area contributed by atoms with Crippen molar-refractivity contribution < 1.29 is 13.7 Å². The third-order valence-corrected chi connectivity index (χ3v) is 4.25. The minimum absolute atomic E-state index is 0.00522. The molecule has 0 saturated carbocycles. The fourth-order valence-electron chi connectivity index (χ4n) is 2.92. The molecule has 0 aliphatic carbocycles. The molecule has 1 aromatic carbocycles. The number of likely N-dealkylation sites (tertiary alicyclic amines) is 1. The second-order valence-corrected chi connectivity index (χ2v) is 5.91. The summed E-state index contributed by atoms with van der Waals surface area (Å²) in [6, 6.07) is 11.1. The number of amides is 1. The second-order valence-electron chi connectivity index (χ2n) is 5.91. The SMILES string of the molecule is O=C(c1ccc(F)cc1)N1CCC(c2nc(-c3ccccn3)no2)C1. The highest BCUT2D eigenvalue weighted by atomic mass is 19.1. The van der Waals surface area contributed by atoms with Gasteiger partial charge in [-0.3, -0.25) is 9.78 Å². The van der Waals surface area contributed by atoms with Gasteiger partial charge in [0.1, 0.15) is 11.5 Å². The van der Waals surface area contributed by atoms with Crippen molar-refractivity contribution in [2.45, 2.75) is 12.3 Å². The van der Waals surface area contributed by atoms with Crippen LogP contribution in [0, 0.1) is 5.82 Å². The Kier molecular flexibility index (Phi) is 3.97. The Hall–Kier alpha value is -3.09. The summed E-state index contributed by atoms with van der Waals surface area (Å²) < 4.78 is 18.4. The molecule has 3 heterocycles. The summed E-state index contributed by atoms with van der Waals surface area (Å²) >= 11 is 0. The molecule has 1 atom stereocenters. The summed E-state index contributed by atoms with van der Waals surface area (Å²) in [5, 5.41) is 3.98. The van der Waals surface area contributed by atoms with Gasteiger partial charge in [-0.1, -0.05) is 11.2 Å². The summed E-state index contributed by atoms with van der Waals surface area (Å²) in [4.78, 5) is 22.8. The maximum absolute atomic E-state index is 13.0. The molecule has 1 unspecified atom stereocenters. The molecular weight excluding hydrogens is 323 g/mol. The Labute approximate surface area is 143 Å². The van der Waals surface area contributed by atoms with Crippen LogP contribution in [0.1, 0.15) is 28.6 Å². The maximum Gasteiger partial charge on any atom is 0.253 e. The first kappa shape index (κ1) is 15.4. The minimum atomic E-state index is -0.358. The Balaban J connectivity index is 1.47. The first-order valence-corrected chi connectivity index (χ1v) is 8.00. The smallest absolute Gasteiger partial charge is 0.253 e. The number of hydrogen-bond acceptors (Lipinski definition) is 5. The van der Waals surface area contributed by atoms with Gasteiger partial charge >= 0.3 is 0 Å². The minimum Gasteiger partial charge on any atom is -0.339 e. The number of hydrogen-bond donors (Lipinski definition) is 0. The van der Waals surface area contributed by atoms with Crippen molar-refractivity contribution in [2.75, 3.05) is 13.1 Å². The van der Waals surface area contributed by atoms with E-state index in [1.807, 2.05) is 18.2 Å². The third kappa shape index (κ3) is 3.13. The van der Waals surface area contributed by atoms with Crippen molar-refractivity contribution >= 4 is 5.91 Å². The van der Waals surface area contributed by atoms with Crippen LogP contribution in [0.4, 0.5) is 4.39 Å². The maximum atomic E-state index is 13.0. The van der Waals surface area contributed by atoms with E-state index in [-0.39, 0.29) is 17.6 Å². The monoisotopic (exact) mass is 338 g/mol. The molecule has 126 valence electrons. The number of aromatic nitrogens is 3. The normalized spacial score (nSPS) is 17.0. The largest absolute Gasteiger partial charge is 0.339 e. The molecule has 1 saturated heterocycles. The van der Waals surface area contributed by atoms with E-state index in [9.17, 15) is 9.18 Å². The molecule has 1 aliphatic heterocycles. The van der Waals surface area contributed by atoms with Crippen LogP contribution >= 0.6 is 0 Å². The number of benzene rings is 1. The van der Waals surface area contributed by atoms with Gasteiger partial charge in [-0.15, -0.1) is 0 Å². The number of rotatable bonds is 3. The lowest BCUT2D eigenvalue weighted by molar-refractivity contribution is 0.0789. The van der Waals surface area contributed by atoms with E-state index in [2.05, 4.69) is 15.1 Å². The van der Waals surface area contributed by atoms with Crippen molar-refractivity contribution in [3.05, 3.63) is 65.9 Å². The van der Waals surface area contributed by atoms with Crippen molar-refractivity contribution in [1.82, 2.24) is 20.0 Å². The Morgan fingerprint density at radius 2 is 2.04 bits per heavy atom. The highest BCUT2D eigenvalue weighted by Crippen LogP contribution is 2.28. The van der Waals surface area contributed by atoms with Crippen LogP contribution in [0.15, 0.2) is 53.2 Å². The Morgan fingerprint density at radius 1 is 1.20 bits per heavy atom. The van der Waals surface area contributed by atoms with Gasteiger partial charge in [0.15, 0.2) is 0 Å². The number of nitrogens with zero attached hydrogens (tertiary/aromatic N) is 4. The molecule has 0 N–H and O–H groups in total. The summed E-state index contributed by atoms with van der Waals surface area (Å²) in [6.07, 6.45) is 2.42. The lowest BCUT2D eigenvalue weighted by Crippen LogP contribution is -2.28. The van der Waals surface area contributed by atoms with E-state index in [0.29, 0.717) is 36.1 Å². The van der Waals surface area contributed by atoms with E-state index in [0.717, 1.165) is 6.42 Å². The first-order chi connectivity index (χ1) is 12.2. The molecule has 0 spiro atoms. The van der Waals surface area contributed by atoms with Gasteiger partial charge in [0.2, 0.25) is 11.7 Å². The molecule has 6 nitrogen and oxygen atoms in total. The van der Waals surface area contributed by atoms with Crippen LogP contribution in [0.5, 0.6) is 0 Å². The first-order valence-electron chi connectivity index (χ1n) is 8.00. The molecule has 1 aliphatic rings. The molecule has 0 radical (unpaired) electrons. The van der Waals surface area contributed by atoms with Crippen molar-refractivity contribution in [3.8, 4) is 11.5 Å². The van der Waals surface area contributed by atoms with E-state index >= 15 is 0 Å². The molecule has 1 amide bonds. The molecule has 7 heteroatoms. The summed E-state index contributed by atoms with van der Waals surface area (Å²) in [7, 11) is 0. The number of halogens is 1. The van der Waals surface area contributed by atoms with Gasteiger partial charge < -0.3 is 9.42 Å². The van der Waals surface area contributed by atoms with Crippen LogP contribution < -0.4 is 0 Å². The zero-order chi connectivity index (χ0) is 17.2. The Morgan fingerprint density at radius 3 is 2.80 bits per heavy atom. The zero-order valence-electron chi connectivity index (χ0n) is 13.3. The van der Waals surface area contributed by atoms with Gasteiger partial charge in [-0.05, 0) is 42.8 Å². The van der Waals surface area contributed by atoms with Crippen LogP contribution in [-0.2, 0) is 0 Å². The lowest BCUT2D eigenvalue weighted by atomic mass is 10.1. The van der Waals surface area contributed by atoms with Crippen LogP contribution in [0.2, 0.25) is 0 Å². The van der Waals surface area contributed by atoms with E-state index in [1.54, 1.807) is 11.1 Å². The fraction of sp³-hybridized carbons (Fsp3) is 0.222. The molecule has 25 heavy (non-hydrogen) atoms. The molecular formula is C18H15FN4O2. The average Bonchev–Trinajstić information content (AvgIpc) is 3.32. The zero-order valence-corrected chi connectivity index (χ0v) is 13.3. The number of pyridine rings is 1.